The maximum atomic E-state index is 14.1. The summed E-state index contributed by atoms with van der Waals surface area (Å²) in [5, 5.41) is 2.29. The monoisotopic (exact) mass is 1250 g/mol. The average molecular weight is 1250 g/mol. The first-order chi connectivity index (χ1) is 33.9. The third-order valence-electron chi connectivity index (χ3n) is 16.0. The number of methoxy groups -OCH3 is 1. The van der Waals surface area contributed by atoms with Gasteiger partial charge in [-0.15, -0.1) is 0 Å². The van der Waals surface area contributed by atoms with Crippen molar-refractivity contribution in [2.24, 2.45) is 17.8 Å². The van der Waals surface area contributed by atoms with Crippen molar-refractivity contribution in [3.05, 3.63) is 104 Å². The van der Waals surface area contributed by atoms with Gasteiger partial charge in [-0.1, -0.05) is 138 Å². The van der Waals surface area contributed by atoms with Gasteiger partial charge in [0.15, 0.2) is 8.32 Å². The zero-order valence-electron chi connectivity index (χ0n) is 47.9. The molecule has 7 nitrogen and oxygen atoms in total. The fraction of sp³-hybridized carbons (Fsp3) is 0.639. The molecule has 2 aromatic carbocycles. The van der Waals surface area contributed by atoms with Crippen molar-refractivity contribution < 1.29 is 32.7 Å². The van der Waals surface area contributed by atoms with E-state index in [0.29, 0.717) is 25.9 Å². The molecule has 7 atom stereocenters. The van der Waals surface area contributed by atoms with E-state index in [-0.39, 0.29) is 52.1 Å². The molecule has 11 heteroatoms. The first kappa shape index (κ1) is 64.5. The van der Waals surface area contributed by atoms with Gasteiger partial charge in [-0.25, -0.2) is 0 Å². The second-order valence-electron chi connectivity index (χ2n) is 23.7. The molecule has 0 N–H and O–H groups in total. The first-order valence-electron chi connectivity index (χ1n) is 27.6. The van der Waals surface area contributed by atoms with Crippen LogP contribution in [0.5, 0.6) is 0 Å². The normalized spacial score (nSPS) is 19.0. The van der Waals surface area contributed by atoms with Gasteiger partial charge in [0, 0.05) is 19.4 Å². The number of carbonyl (C=O) groups excluding carboxylic acids is 2. The van der Waals surface area contributed by atoms with Crippen LogP contribution in [0, 0.1) is 17.8 Å². The molecule has 0 radical (unpaired) electrons. The second kappa shape index (κ2) is 30.8. The summed E-state index contributed by atoms with van der Waals surface area (Å²) in [7, 11) is -3.28. The zero-order valence-corrected chi connectivity index (χ0v) is 54.9. The molecule has 72 heavy (non-hydrogen) atoms. The van der Waals surface area contributed by atoms with Crippen molar-refractivity contribution in [3.8, 4) is 0 Å². The van der Waals surface area contributed by atoms with Gasteiger partial charge in [0.05, 0.1) is 18.8 Å². The summed E-state index contributed by atoms with van der Waals surface area (Å²) >= 11 is -0.193. The third kappa shape index (κ3) is 19.0. The van der Waals surface area contributed by atoms with Gasteiger partial charge in [0.2, 0.25) is 0 Å². The number of unbranched alkanes of at least 4 members (excludes halogenated alkanes) is 3. The molecule has 1 fully saturated rings. The molecule has 0 amide bonds. The van der Waals surface area contributed by atoms with Gasteiger partial charge in [-0.05, 0) is 62.6 Å². The molecule has 1 heterocycles. The number of esters is 2. The number of hydrogen-bond donors (Lipinski definition) is 0. The Labute approximate surface area is 459 Å². The van der Waals surface area contributed by atoms with Gasteiger partial charge < -0.3 is 13.6 Å². The summed E-state index contributed by atoms with van der Waals surface area (Å²) in [5.41, 5.74) is 2.12. The third-order valence-corrected chi connectivity index (χ3v) is 40.6. The van der Waals surface area contributed by atoms with Crippen molar-refractivity contribution in [1.82, 2.24) is 0 Å². The van der Waals surface area contributed by atoms with Crippen LogP contribution in [0.4, 0.5) is 0 Å². The Morgan fingerprint density at radius 1 is 0.847 bits per heavy atom. The summed E-state index contributed by atoms with van der Waals surface area (Å²) in [6.07, 6.45) is 16.7. The Kier molecular flexibility index (Phi) is 27.6. The summed E-state index contributed by atoms with van der Waals surface area (Å²) in [5.74, 6) is -0.529. The van der Waals surface area contributed by atoms with Gasteiger partial charge in [0.25, 0.3) is 8.32 Å². The molecular weight excluding hydrogens is 1150 g/mol. The number of ether oxygens (including phenoxy) is 3. The molecule has 0 aliphatic carbocycles. The van der Waals surface area contributed by atoms with E-state index in [1.54, 1.807) is 13.2 Å². The predicted octanol–water partition coefficient (Wildman–Crippen LogP) is 16.0. The minimum absolute atomic E-state index is 0.0134. The van der Waals surface area contributed by atoms with Crippen LogP contribution in [-0.2, 0) is 32.7 Å². The molecule has 0 saturated carbocycles. The topological polar surface area (TPSA) is 80.3 Å². The summed E-state index contributed by atoms with van der Waals surface area (Å²) in [4.78, 5) is 27.2. The van der Waals surface area contributed by atoms with Crippen LogP contribution in [0.15, 0.2) is 104 Å². The molecule has 0 aromatic heterocycles. The molecular formula is C61H99IO7Si2Sn. The van der Waals surface area contributed by atoms with Gasteiger partial charge in [-0.3, -0.25) is 0 Å². The van der Waals surface area contributed by atoms with Crippen LogP contribution in [0.3, 0.4) is 0 Å². The van der Waals surface area contributed by atoms with Crippen molar-refractivity contribution in [1.29, 1.82) is 0 Å². The number of allylic oxidation sites excluding steroid dienone is 1. The van der Waals surface area contributed by atoms with E-state index in [4.69, 9.17) is 23.1 Å². The number of benzene rings is 2. The molecule has 0 bridgehead atoms. The molecule has 0 unspecified atom stereocenters. The fourth-order valence-electron chi connectivity index (χ4n) is 10.3. The summed E-state index contributed by atoms with van der Waals surface area (Å²) in [6.45, 7) is 34.1. The van der Waals surface area contributed by atoms with Crippen LogP contribution in [0.1, 0.15) is 154 Å². The quantitative estimate of drug-likeness (QED) is 0.0253. The molecule has 2 aromatic rings. The van der Waals surface area contributed by atoms with E-state index in [0.717, 1.165) is 17.6 Å². The first-order valence-corrected chi connectivity index (χ1v) is 41.4. The Morgan fingerprint density at radius 3 is 1.86 bits per heavy atom. The van der Waals surface area contributed by atoms with E-state index >= 15 is 0 Å². The number of halogens is 1. The maximum absolute atomic E-state index is 14.1. The standard InChI is InChI=1S/C49H72IO7Si2.3C4H9.Sn/c1-15-35(2)42-31-39(32-46(52)55-42)23-22-28-45(51)56-44(33-43(37(4)34-50)57-58(13,14)48(6,7)8)38(5)47(53-12)36(3)29-30-54-59(49(9,10)11,40-24-18-16-19-25-40)41-26-20-17-21-27-41;3*1-3-4-2;/h1,15-22,24-29,34-35,38-39,42-44,47H,23,30-33H2,2-14H3;3*1,3-4H2,2H3;/b15-1?,28-22+,36-29+,37-34+;;;;/t35-,38+,39-,42-,43+,44+,47+;;;;/m1..../s1. The van der Waals surface area contributed by atoms with Crippen molar-refractivity contribution >= 4 is 79.9 Å². The Balaban J connectivity index is 1.92. The fourth-order valence-corrected chi connectivity index (χ4v) is 31.2. The molecule has 404 valence electrons. The number of rotatable bonds is 30. The van der Waals surface area contributed by atoms with Crippen LogP contribution >= 0.6 is 22.6 Å². The van der Waals surface area contributed by atoms with Crippen LogP contribution in [-0.4, -0.2) is 85.1 Å². The number of carbonyl (C=O) groups is 2. The predicted molar refractivity (Wildman–Crippen MR) is 321 cm³/mol. The van der Waals surface area contributed by atoms with Crippen LogP contribution in [0.2, 0.25) is 36.5 Å². The average Bonchev–Trinajstić information content (AvgIpc) is 3.33. The number of hydrogen-bond acceptors (Lipinski definition) is 7. The Hall–Kier alpha value is -1.82. The van der Waals surface area contributed by atoms with E-state index < -0.39 is 47.1 Å². The van der Waals surface area contributed by atoms with E-state index in [1.807, 2.05) is 6.08 Å². The second-order valence-corrected chi connectivity index (χ2v) is 46.4. The van der Waals surface area contributed by atoms with Gasteiger partial charge in [0.1, 0.15) is 0 Å². The van der Waals surface area contributed by atoms with E-state index in [1.165, 1.54) is 62.2 Å². The van der Waals surface area contributed by atoms with Crippen molar-refractivity contribution in [2.45, 2.75) is 215 Å². The number of cyclic esters (lactones) is 1. The van der Waals surface area contributed by atoms with E-state index in [9.17, 15) is 9.59 Å². The minimum atomic E-state index is -2.78. The molecule has 1 aliphatic rings. The molecule has 1 aliphatic heterocycles. The Bertz CT molecular complexity index is 1980. The van der Waals surface area contributed by atoms with Crippen LogP contribution < -0.4 is 10.4 Å². The molecule has 0 spiro atoms. The zero-order chi connectivity index (χ0) is 53.8. The Morgan fingerprint density at radius 2 is 1.39 bits per heavy atom. The van der Waals surface area contributed by atoms with Gasteiger partial charge >= 0.3 is 195 Å². The molecule has 3 rings (SSSR count). The van der Waals surface area contributed by atoms with Crippen molar-refractivity contribution in [3.63, 3.8) is 0 Å². The van der Waals surface area contributed by atoms with Gasteiger partial charge in [-0.2, -0.15) is 0 Å². The summed E-state index contributed by atoms with van der Waals surface area (Å²) in [6, 6.07) is 21.4. The summed E-state index contributed by atoms with van der Waals surface area (Å²) < 4.78 is 42.4. The SMILES string of the molecule is CCC[CH2][Sn](/[CH]=C/[C@@H](C)[C@H]1C[C@@H](C/C=C/C(=O)O[C@@H](C[C@H](O[Si](C)(C)C(C)(C)C)/C(C)=C/I)[C@H](C)[C@@H](OC)/C(C)=C/CO[Si](c2ccccc2)(c2ccccc2)C(C)(C)C)CC(=O)O1)([CH2]CCC)[CH2]CCC. The van der Waals surface area contributed by atoms with Crippen LogP contribution in [0.25, 0.3) is 0 Å². The van der Waals surface area contributed by atoms with Crippen molar-refractivity contribution in [2.75, 3.05) is 13.7 Å². The van der Waals surface area contributed by atoms with E-state index in [2.05, 4.69) is 207 Å². The molecule has 1 saturated heterocycles.